The van der Waals surface area contributed by atoms with Gasteiger partial charge in [-0.05, 0) is 43.9 Å². The van der Waals surface area contributed by atoms with Crippen LogP contribution in [-0.2, 0) is 4.74 Å². The van der Waals surface area contributed by atoms with E-state index in [1.54, 1.807) is 0 Å². The van der Waals surface area contributed by atoms with E-state index in [0.29, 0.717) is 37.7 Å². The lowest BCUT2D eigenvalue weighted by Gasteiger charge is -2.45. The van der Waals surface area contributed by atoms with Crippen LogP contribution in [-0.4, -0.2) is 43.9 Å². The molecule has 0 unspecified atom stereocenters. The summed E-state index contributed by atoms with van der Waals surface area (Å²) >= 11 is 0. The summed E-state index contributed by atoms with van der Waals surface area (Å²) in [6, 6.07) is 5.23. The number of halogens is 1. The Labute approximate surface area is 152 Å². The SMILES string of the molecule is NC1=NC2(CCCCC2)N(c2ccc(N3CCOCC3)c(F)c2)C(N)=N1. The summed E-state index contributed by atoms with van der Waals surface area (Å²) in [5.74, 6) is 0.203. The van der Waals surface area contributed by atoms with Crippen molar-refractivity contribution in [2.24, 2.45) is 21.5 Å². The third-order valence-corrected chi connectivity index (χ3v) is 5.39. The van der Waals surface area contributed by atoms with Crippen LogP contribution in [0.3, 0.4) is 0 Å². The molecule has 2 aliphatic heterocycles. The quantitative estimate of drug-likeness (QED) is 0.839. The van der Waals surface area contributed by atoms with E-state index < -0.39 is 5.66 Å². The van der Waals surface area contributed by atoms with Crippen LogP contribution >= 0.6 is 0 Å². The molecule has 0 aromatic heterocycles. The van der Waals surface area contributed by atoms with E-state index in [9.17, 15) is 4.39 Å². The van der Waals surface area contributed by atoms with Gasteiger partial charge < -0.3 is 21.1 Å². The number of hydrogen-bond acceptors (Lipinski definition) is 7. The van der Waals surface area contributed by atoms with Crippen molar-refractivity contribution in [1.29, 1.82) is 0 Å². The second-order valence-corrected chi connectivity index (χ2v) is 7.05. The molecule has 8 heteroatoms. The van der Waals surface area contributed by atoms with Crippen LogP contribution in [0.25, 0.3) is 0 Å². The third kappa shape index (κ3) is 2.98. The molecule has 1 aromatic carbocycles. The van der Waals surface area contributed by atoms with E-state index in [1.165, 1.54) is 6.07 Å². The smallest absolute Gasteiger partial charge is 0.220 e. The predicted molar refractivity (Wildman–Crippen MR) is 101 cm³/mol. The Bertz CT molecular complexity index is 737. The van der Waals surface area contributed by atoms with Gasteiger partial charge in [0.1, 0.15) is 11.5 Å². The minimum atomic E-state index is -0.554. The largest absolute Gasteiger partial charge is 0.378 e. The monoisotopic (exact) mass is 360 g/mol. The molecule has 2 fully saturated rings. The van der Waals surface area contributed by atoms with Gasteiger partial charge in [0.05, 0.1) is 18.9 Å². The van der Waals surface area contributed by atoms with E-state index in [2.05, 4.69) is 9.98 Å². The molecular formula is C18H25FN6O. The normalized spacial score (nSPS) is 23.0. The molecule has 4 rings (SSSR count). The van der Waals surface area contributed by atoms with Crippen molar-refractivity contribution in [3.8, 4) is 0 Å². The van der Waals surface area contributed by atoms with Crippen molar-refractivity contribution in [3.05, 3.63) is 24.0 Å². The van der Waals surface area contributed by atoms with Crippen molar-refractivity contribution < 1.29 is 9.13 Å². The average molecular weight is 360 g/mol. The van der Waals surface area contributed by atoms with Gasteiger partial charge in [-0.15, -0.1) is 0 Å². The first-order valence-corrected chi connectivity index (χ1v) is 9.21. The average Bonchev–Trinajstić information content (AvgIpc) is 2.62. The van der Waals surface area contributed by atoms with Crippen molar-refractivity contribution in [2.75, 3.05) is 36.1 Å². The number of benzene rings is 1. The maximum absolute atomic E-state index is 14.9. The molecule has 1 aliphatic carbocycles. The molecule has 140 valence electrons. The first-order valence-electron chi connectivity index (χ1n) is 9.21. The molecule has 7 nitrogen and oxygen atoms in total. The van der Waals surface area contributed by atoms with Crippen molar-refractivity contribution >= 4 is 23.3 Å². The summed E-state index contributed by atoms with van der Waals surface area (Å²) < 4.78 is 20.2. The van der Waals surface area contributed by atoms with Gasteiger partial charge in [-0.25, -0.2) is 9.38 Å². The highest BCUT2D eigenvalue weighted by Crippen LogP contribution is 2.40. The number of aliphatic imine (C=N–C) groups is 2. The third-order valence-electron chi connectivity index (χ3n) is 5.39. The second kappa shape index (κ2) is 6.75. The second-order valence-electron chi connectivity index (χ2n) is 7.05. The van der Waals surface area contributed by atoms with Gasteiger partial charge in [0, 0.05) is 18.8 Å². The van der Waals surface area contributed by atoms with Gasteiger partial charge in [0.25, 0.3) is 0 Å². The van der Waals surface area contributed by atoms with Crippen LogP contribution in [0.4, 0.5) is 15.8 Å². The van der Waals surface area contributed by atoms with Gasteiger partial charge in [-0.2, -0.15) is 4.99 Å². The first-order chi connectivity index (χ1) is 12.6. The fourth-order valence-electron chi connectivity index (χ4n) is 4.19. The molecule has 26 heavy (non-hydrogen) atoms. The van der Waals surface area contributed by atoms with Gasteiger partial charge in [0.15, 0.2) is 0 Å². The maximum Gasteiger partial charge on any atom is 0.220 e. The number of hydrogen-bond donors (Lipinski definition) is 2. The molecule has 0 radical (unpaired) electrons. The van der Waals surface area contributed by atoms with Crippen LogP contribution in [0.2, 0.25) is 0 Å². The molecule has 1 saturated heterocycles. The molecular weight excluding hydrogens is 335 g/mol. The molecule has 2 heterocycles. The van der Waals surface area contributed by atoms with Crippen molar-refractivity contribution in [1.82, 2.24) is 0 Å². The van der Waals surface area contributed by atoms with Gasteiger partial charge in [-0.1, -0.05) is 6.42 Å². The summed E-state index contributed by atoms with van der Waals surface area (Å²) in [5, 5.41) is 0. The topological polar surface area (TPSA) is 92.5 Å². The van der Waals surface area contributed by atoms with Crippen LogP contribution in [0.1, 0.15) is 32.1 Å². The number of nitrogens with zero attached hydrogens (tertiary/aromatic N) is 4. The Kier molecular flexibility index (Phi) is 4.44. The zero-order valence-corrected chi connectivity index (χ0v) is 14.8. The van der Waals surface area contributed by atoms with Crippen LogP contribution < -0.4 is 21.3 Å². The molecule has 3 aliphatic rings. The van der Waals surface area contributed by atoms with Crippen molar-refractivity contribution in [2.45, 2.75) is 37.8 Å². The minimum Gasteiger partial charge on any atom is -0.378 e. The predicted octanol–water partition coefficient (Wildman–Crippen LogP) is 1.77. The summed E-state index contributed by atoms with van der Waals surface area (Å²) in [7, 11) is 0. The molecule has 1 aromatic rings. The van der Waals surface area contributed by atoms with E-state index >= 15 is 0 Å². The molecule has 4 N–H and O–H groups in total. The van der Waals surface area contributed by atoms with Gasteiger partial charge in [0.2, 0.25) is 11.9 Å². The first kappa shape index (κ1) is 17.1. The number of morpholine rings is 1. The lowest BCUT2D eigenvalue weighted by molar-refractivity contribution is 0.122. The lowest BCUT2D eigenvalue weighted by atomic mass is 9.87. The summed E-state index contributed by atoms with van der Waals surface area (Å²) in [5.41, 5.74) is 12.8. The van der Waals surface area contributed by atoms with E-state index in [1.807, 2.05) is 21.9 Å². The Morgan fingerprint density at radius 1 is 1.08 bits per heavy atom. The Morgan fingerprint density at radius 3 is 2.50 bits per heavy atom. The summed E-state index contributed by atoms with van der Waals surface area (Å²) in [6.45, 7) is 2.61. The van der Waals surface area contributed by atoms with Crippen LogP contribution in [0.15, 0.2) is 28.2 Å². The number of rotatable bonds is 2. The number of ether oxygens (including phenoxy) is 1. The number of guanidine groups is 2. The van der Waals surface area contributed by atoms with Gasteiger partial charge >= 0.3 is 0 Å². The molecule has 0 atom stereocenters. The minimum absolute atomic E-state index is 0.200. The summed E-state index contributed by atoms with van der Waals surface area (Å²) in [4.78, 5) is 12.6. The van der Waals surface area contributed by atoms with E-state index in [-0.39, 0.29) is 17.7 Å². The zero-order chi connectivity index (χ0) is 18.1. The maximum atomic E-state index is 14.9. The highest BCUT2D eigenvalue weighted by Gasteiger charge is 2.42. The van der Waals surface area contributed by atoms with Crippen molar-refractivity contribution in [3.63, 3.8) is 0 Å². The Balaban J connectivity index is 1.68. The van der Waals surface area contributed by atoms with E-state index in [0.717, 1.165) is 32.1 Å². The highest BCUT2D eigenvalue weighted by atomic mass is 19.1. The lowest BCUT2D eigenvalue weighted by Crippen LogP contribution is -2.58. The summed E-state index contributed by atoms with van der Waals surface area (Å²) in [6.07, 6.45) is 4.89. The Hall–Kier alpha value is -2.35. The number of anilines is 2. The number of nitrogens with two attached hydrogens (primary N) is 2. The van der Waals surface area contributed by atoms with Crippen LogP contribution in [0, 0.1) is 5.82 Å². The van der Waals surface area contributed by atoms with Gasteiger partial charge in [-0.3, -0.25) is 4.90 Å². The molecule has 1 spiro atoms. The zero-order valence-electron chi connectivity index (χ0n) is 14.8. The Morgan fingerprint density at radius 2 is 1.81 bits per heavy atom. The standard InChI is InChI=1S/C18H25FN6O/c19-14-12-13(4-5-15(14)24-8-10-26-11-9-24)25-17(21)22-16(20)23-18(25)6-2-1-3-7-18/h4-5,12H,1-3,6-11H2,(H4,20,21,22,23). The van der Waals surface area contributed by atoms with Crippen LogP contribution in [0.5, 0.6) is 0 Å². The molecule has 0 amide bonds. The fraction of sp³-hybridized carbons (Fsp3) is 0.556. The fourth-order valence-corrected chi connectivity index (χ4v) is 4.19. The molecule has 0 bridgehead atoms. The molecule has 1 saturated carbocycles. The van der Waals surface area contributed by atoms with E-state index in [4.69, 9.17) is 16.2 Å². The highest BCUT2D eigenvalue weighted by molar-refractivity contribution is 6.05.